The Labute approximate surface area is 110 Å². The molecule has 0 N–H and O–H groups in total. The summed E-state index contributed by atoms with van der Waals surface area (Å²) in [4.78, 5) is 16.1. The van der Waals surface area contributed by atoms with Gasteiger partial charge in [-0.15, -0.1) is 0 Å². The Kier molecular flexibility index (Phi) is 3.67. The Morgan fingerprint density at radius 2 is 2.16 bits per heavy atom. The molecule has 94 valence electrons. The van der Waals surface area contributed by atoms with Gasteiger partial charge >= 0.3 is 0 Å². The van der Waals surface area contributed by atoms with E-state index in [1.165, 1.54) is 12.3 Å². The number of hydrogen-bond acceptors (Lipinski definition) is 3. The molecule has 2 aromatic rings. The first kappa shape index (κ1) is 12.9. The minimum absolute atomic E-state index is 0.0598. The van der Waals surface area contributed by atoms with Crippen LogP contribution in [0.3, 0.4) is 0 Å². The molecule has 2 rings (SSSR count). The molecule has 0 saturated carbocycles. The van der Waals surface area contributed by atoms with Crippen molar-refractivity contribution in [1.82, 2.24) is 4.98 Å². The van der Waals surface area contributed by atoms with Crippen molar-refractivity contribution in [2.45, 2.75) is 12.8 Å². The first-order chi connectivity index (χ1) is 9.15. The van der Waals surface area contributed by atoms with Crippen LogP contribution in [0.1, 0.15) is 27.4 Å². The molecular formula is C15H11FN2O. The number of aromatic nitrogens is 1. The normalized spacial score (nSPS) is 11.6. The van der Waals surface area contributed by atoms with Gasteiger partial charge in [-0.25, -0.2) is 4.39 Å². The zero-order valence-corrected chi connectivity index (χ0v) is 10.3. The molecule has 0 amide bonds. The first-order valence-electron chi connectivity index (χ1n) is 5.74. The maximum Gasteiger partial charge on any atom is 0.187 e. The lowest BCUT2D eigenvalue weighted by Crippen LogP contribution is -2.13. The predicted octanol–water partition coefficient (Wildman–Crippen LogP) is 3.02. The third-order valence-corrected chi connectivity index (χ3v) is 2.87. The van der Waals surface area contributed by atoms with Gasteiger partial charge in [0.25, 0.3) is 0 Å². The van der Waals surface area contributed by atoms with Crippen LogP contribution in [-0.2, 0) is 0 Å². The topological polar surface area (TPSA) is 53.8 Å². The summed E-state index contributed by atoms with van der Waals surface area (Å²) in [7, 11) is 0. The second kappa shape index (κ2) is 5.40. The lowest BCUT2D eigenvalue weighted by atomic mass is 9.92. The highest BCUT2D eigenvalue weighted by Gasteiger charge is 2.24. The van der Waals surface area contributed by atoms with Gasteiger partial charge in [-0.2, -0.15) is 5.26 Å². The lowest BCUT2D eigenvalue weighted by molar-refractivity contribution is 0.0974. The lowest BCUT2D eigenvalue weighted by Gasteiger charge is -2.09. The fourth-order valence-electron chi connectivity index (χ4n) is 1.82. The van der Waals surface area contributed by atoms with Gasteiger partial charge in [-0.05, 0) is 30.2 Å². The second-order valence-electron chi connectivity index (χ2n) is 4.15. The molecule has 1 aromatic carbocycles. The number of carbonyl (C=O) groups excluding carboxylic acids is 1. The van der Waals surface area contributed by atoms with Crippen molar-refractivity contribution < 1.29 is 9.18 Å². The number of nitriles is 1. The van der Waals surface area contributed by atoms with Gasteiger partial charge in [-0.1, -0.05) is 18.2 Å². The number of aryl methyl sites for hydroxylation is 1. The maximum absolute atomic E-state index is 13.9. The van der Waals surface area contributed by atoms with E-state index in [0.717, 1.165) is 0 Å². The summed E-state index contributed by atoms with van der Waals surface area (Å²) in [6.07, 6.45) is 3.00. The van der Waals surface area contributed by atoms with Crippen molar-refractivity contribution in [2.75, 3.05) is 0 Å². The Morgan fingerprint density at radius 3 is 2.79 bits per heavy atom. The largest absolute Gasteiger partial charge is 0.292 e. The SMILES string of the molecule is Cc1cccc(C(=O)C(C#N)c2cccnc2)c1F. The van der Waals surface area contributed by atoms with E-state index in [-0.39, 0.29) is 5.56 Å². The van der Waals surface area contributed by atoms with Crippen molar-refractivity contribution in [3.8, 4) is 6.07 Å². The quantitative estimate of drug-likeness (QED) is 0.791. The van der Waals surface area contributed by atoms with Crippen LogP contribution in [0, 0.1) is 24.1 Å². The highest BCUT2D eigenvalue weighted by Crippen LogP contribution is 2.22. The van der Waals surface area contributed by atoms with Crippen molar-refractivity contribution in [2.24, 2.45) is 0 Å². The second-order valence-corrected chi connectivity index (χ2v) is 4.15. The van der Waals surface area contributed by atoms with Gasteiger partial charge in [0.1, 0.15) is 11.7 Å². The van der Waals surface area contributed by atoms with Crippen LogP contribution in [0.4, 0.5) is 4.39 Å². The maximum atomic E-state index is 13.9. The summed E-state index contributed by atoms with van der Waals surface area (Å²) in [5, 5.41) is 9.15. The average molecular weight is 254 g/mol. The van der Waals surface area contributed by atoms with Gasteiger partial charge in [-0.3, -0.25) is 9.78 Å². The third-order valence-electron chi connectivity index (χ3n) is 2.87. The monoisotopic (exact) mass is 254 g/mol. The molecule has 0 fully saturated rings. The number of hydrogen-bond donors (Lipinski definition) is 0. The molecule has 4 heteroatoms. The van der Waals surface area contributed by atoms with E-state index >= 15 is 0 Å². The molecular weight excluding hydrogens is 243 g/mol. The molecule has 19 heavy (non-hydrogen) atoms. The molecule has 3 nitrogen and oxygen atoms in total. The van der Waals surface area contributed by atoms with Gasteiger partial charge in [0.2, 0.25) is 0 Å². The summed E-state index contributed by atoms with van der Waals surface area (Å²) in [6.45, 7) is 1.58. The molecule has 0 bridgehead atoms. The summed E-state index contributed by atoms with van der Waals surface area (Å²) in [5.74, 6) is -2.15. The fourth-order valence-corrected chi connectivity index (χ4v) is 1.82. The van der Waals surface area contributed by atoms with Crippen molar-refractivity contribution in [3.05, 3.63) is 65.2 Å². The average Bonchev–Trinajstić information content (AvgIpc) is 2.44. The van der Waals surface area contributed by atoms with Crippen LogP contribution < -0.4 is 0 Å². The third kappa shape index (κ3) is 2.50. The van der Waals surface area contributed by atoms with Crippen LogP contribution >= 0.6 is 0 Å². The molecule has 0 aliphatic carbocycles. The summed E-state index contributed by atoms with van der Waals surface area (Å²) in [6, 6.07) is 9.75. The van der Waals surface area contributed by atoms with E-state index in [0.29, 0.717) is 11.1 Å². The molecule has 0 radical (unpaired) electrons. The molecule has 1 unspecified atom stereocenters. The van der Waals surface area contributed by atoms with E-state index in [9.17, 15) is 9.18 Å². The van der Waals surface area contributed by atoms with Crippen molar-refractivity contribution >= 4 is 5.78 Å². The minimum atomic E-state index is -1.04. The highest BCUT2D eigenvalue weighted by atomic mass is 19.1. The first-order valence-corrected chi connectivity index (χ1v) is 5.74. The van der Waals surface area contributed by atoms with Crippen molar-refractivity contribution in [3.63, 3.8) is 0 Å². The number of benzene rings is 1. The summed E-state index contributed by atoms with van der Waals surface area (Å²) in [5.41, 5.74) is 0.792. The van der Waals surface area contributed by atoms with Gasteiger partial charge in [0.05, 0.1) is 11.6 Å². The summed E-state index contributed by atoms with van der Waals surface area (Å²) >= 11 is 0. The fraction of sp³-hybridized carbons (Fsp3) is 0.133. The number of Topliss-reactive ketones (excluding diaryl/α,β-unsaturated/α-hetero) is 1. The van der Waals surface area contributed by atoms with E-state index in [1.54, 1.807) is 37.4 Å². The van der Waals surface area contributed by atoms with Crippen molar-refractivity contribution in [1.29, 1.82) is 5.26 Å². The molecule has 0 aliphatic heterocycles. The molecule has 0 saturated heterocycles. The number of nitrogens with zero attached hydrogens (tertiary/aromatic N) is 2. The number of halogens is 1. The van der Waals surface area contributed by atoms with E-state index in [2.05, 4.69) is 4.98 Å². The number of pyridine rings is 1. The zero-order valence-electron chi connectivity index (χ0n) is 10.3. The van der Waals surface area contributed by atoms with Crippen LogP contribution in [0.2, 0.25) is 0 Å². The van der Waals surface area contributed by atoms with E-state index < -0.39 is 17.5 Å². The van der Waals surface area contributed by atoms with E-state index in [4.69, 9.17) is 5.26 Å². The number of rotatable bonds is 3. The smallest absolute Gasteiger partial charge is 0.187 e. The van der Waals surface area contributed by atoms with Gasteiger partial charge < -0.3 is 0 Å². The summed E-state index contributed by atoms with van der Waals surface area (Å²) < 4.78 is 13.9. The molecule has 1 atom stereocenters. The number of ketones is 1. The predicted molar refractivity (Wildman–Crippen MR) is 68.1 cm³/mol. The molecule has 0 spiro atoms. The van der Waals surface area contributed by atoms with Crippen LogP contribution in [0.25, 0.3) is 0 Å². The Morgan fingerprint density at radius 1 is 1.37 bits per heavy atom. The Bertz CT molecular complexity index is 647. The Balaban J connectivity index is 2.43. The standard InChI is InChI=1S/C15H11FN2O/c1-10-4-2-6-12(14(10)16)15(19)13(8-17)11-5-3-7-18-9-11/h2-7,9,13H,1H3. The van der Waals surface area contributed by atoms with Gasteiger partial charge in [0, 0.05) is 12.4 Å². The highest BCUT2D eigenvalue weighted by molar-refractivity contribution is 6.03. The number of carbonyl (C=O) groups is 1. The molecule has 0 aliphatic rings. The van der Waals surface area contributed by atoms with Crippen LogP contribution in [-0.4, -0.2) is 10.8 Å². The Hall–Kier alpha value is -2.54. The zero-order chi connectivity index (χ0) is 13.8. The molecule has 1 aromatic heterocycles. The molecule has 1 heterocycles. The van der Waals surface area contributed by atoms with Crippen LogP contribution in [0.15, 0.2) is 42.7 Å². The minimum Gasteiger partial charge on any atom is -0.292 e. The van der Waals surface area contributed by atoms with Gasteiger partial charge in [0.15, 0.2) is 5.78 Å². The van der Waals surface area contributed by atoms with Crippen LogP contribution in [0.5, 0.6) is 0 Å². The van der Waals surface area contributed by atoms with E-state index in [1.807, 2.05) is 6.07 Å².